The van der Waals surface area contributed by atoms with Crippen LogP contribution in [-0.2, 0) is 10.2 Å². The summed E-state index contributed by atoms with van der Waals surface area (Å²) in [6.07, 6.45) is 0. The maximum Gasteiger partial charge on any atom is 0.237 e. The fraction of sp³-hybridized carbons (Fsp3) is 0.533. The molecule has 0 radical (unpaired) electrons. The molecule has 1 atom stereocenters. The van der Waals surface area contributed by atoms with Gasteiger partial charge in [0.15, 0.2) is 0 Å². The van der Waals surface area contributed by atoms with Gasteiger partial charge in [-0.15, -0.1) is 0 Å². The van der Waals surface area contributed by atoms with Gasteiger partial charge < -0.3 is 11.1 Å². The predicted molar refractivity (Wildman–Crippen MR) is 75.3 cm³/mol. The first-order valence-electron chi connectivity index (χ1n) is 6.43. The zero-order chi connectivity index (χ0) is 13.8. The normalized spacial score (nSPS) is 13.4. The van der Waals surface area contributed by atoms with Gasteiger partial charge in [0.05, 0.1) is 6.04 Å². The minimum Gasteiger partial charge on any atom is -0.354 e. The molecule has 18 heavy (non-hydrogen) atoms. The SMILES string of the molecule is CC(C)[C@@H](N)C(=O)NCC(C)(C)c1ccccc1. The zero-order valence-electron chi connectivity index (χ0n) is 11.7. The van der Waals surface area contributed by atoms with Gasteiger partial charge in [-0.05, 0) is 11.5 Å². The van der Waals surface area contributed by atoms with Gasteiger partial charge in [0, 0.05) is 12.0 Å². The Bertz CT molecular complexity index is 385. The number of carbonyl (C=O) groups is 1. The first-order chi connectivity index (χ1) is 8.34. The Balaban J connectivity index is 2.60. The molecule has 3 heteroatoms. The quantitative estimate of drug-likeness (QED) is 0.838. The monoisotopic (exact) mass is 248 g/mol. The van der Waals surface area contributed by atoms with Crippen LogP contribution in [0, 0.1) is 5.92 Å². The molecule has 0 aliphatic carbocycles. The lowest BCUT2D eigenvalue weighted by Crippen LogP contribution is -2.47. The van der Waals surface area contributed by atoms with E-state index in [1.807, 2.05) is 32.0 Å². The second-order valence-corrected chi connectivity index (χ2v) is 5.74. The van der Waals surface area contributed by atoms with Crippen molar-refractivity contribution in [2.45, 2.75) is 39.2 Å². The molecule has 0 saturated carbocycles. The Morgan fingerprint density at radius 1 is 1.28 bits per heavy atom. The van der Waals surface area contributed by atoms with Crippen molar-refractivity contribution in [3.05, 3.63) is 35.9 Å². The molecule has 1 rings (SSSR count). The van der Waals surface area contributed by atoms with E-state index in [1.165, 1.54) is 5.56 Å². The van der Waals surface area contributed by atoms with Gasteiger partial charge >= 0.3 is 0 Å². The number of nitrogens with one attached hydrogen (secondary N) is 1. The van der Waals surface area contributed by atoms with Crippen molar-refractivity contribution >= 4 is 5.91 Å². The Kier molecular flexibility index (Phi) is 4.91. The van der Waals surface area contributed by atoms with Gasteiger partial charge in [0.1, 0.15) is 0 Å². The lowest BCUT2D eigenvalue weighted by molar-refractivity contribution is -0.123. The average Bonchev–Trinajstić information content (AvgIpc) is 2.36. The Labute approximate surface area is 110 Å². The minimum atomic E-state index is -0.434. The fourth-order valence-electron chi connectivity index (χ4n) is 1.72. The first kappa shape index (κ1) is 14.7. The molecule has 1 aromatic carbocycles. The summed E-state index contributed by atoms with van der Waals surface area (Å²) < 4.78 is 0. The maximum atomic E-state index is 11.8. The third kappa shape index (κ3) is 3.84. The van der Waals surface area contributed by atoms with E-state index >= 15 is 0 Å². The molecule has 0 aromatic heterocycles. The van der Waals surface area contributed by atoms with Crippen molar-refractivity contribution < 1.29 is 4.79 Å². The molecule has 0 unspecified atom stereocenters. The number of hydrogen-bond donors (Lipinski definition) is 2. The topological polar surface area (TPSA) is 55.1 Å². The summed E-state index contributed by atoms with van der Waals surface area (Å²) in [4.78, 5) is 11.8. The van der Waals surface area contributed by atoms with E-state index < -0.39 is 6.04 Å². The van der Waals surface area contributed by atoms with E-state index in [0.29, 0.717) is 6.54 Å². The van der Waals surface area contributed by atoms with Crippen LogP contribution < -0.4 is 11.1 Å². The van der Waals surface area contributed by atoms with Crippen LogP contribution in [0.15, 0.2) is 30.3 Å². The van der Waals surface area contributed by atoms with Crippen molar-refractivity contribution in [1.29, 1.82) is 0 Å². The van der Waals surface area contributed by atoms with Crippen LogP contribution in [0.5, 0.6) is 0 Å². The van der Waals surface area contributed by atoms with Crippen LogP contribution in [-0.4, -0.2) is 18.5 Å². The molecule has 0 saturated heterocycles. The van der Waals surface area contributed by atoms with Gasteiger partial charge in [0.25, 0.3) is 0 Å². The molecule has 100 valence electrons. The molecular formula is C15H24N2O. The van der Waals surface area contributed by atoms with E-state index in [9.17, 15) is 4.79 Å². The molecule has 1 amide bonds. The lowest BCUT2D eigenvalue weighted by atomic mass is 9.84. The molecule has 0 aliphatic rings. The highest BCUT2D eigenvalue weighted by Gasteiger charge is 2.23. The van der Waals surface area contributed by atoms with E-state index in [0.717, 1.165) is 0 Å². The van der Waals surface area contributed by atoms with E-state index in [1.54, 1.807) is 0 Å². The number of rotatable bonds is 5. The summed E-state index contributed by atoms with van der Waals surface area (Å²) in [6, 6.07) is 9.74. The highest BCUT2D eigenvalue weighted by molar-refractivity contribution is 5.81. The molecule has 0 aliphatic heterocycles. The van der Waals surface area contributed by atoms with E-state index in [-0.39, 0.29) is 17.2 Å². The fourth-order valence-corrected chi connectivity index (χ4v) is 1.72. The molecule has 0 spiro atoms. The summed E-state index contributed by atoms with van der Waals surface area (Å²) in [7, 11) is 0. The van der Waals surface area contributed by atoms with Crippen LogP contribution in [0.3, 0.4) is 0 Å². The molecule has 3 N–H and O–H groups in total. The van der Waals surface area contributed by atoms with Gasteiger partial charge in [-0.1, -0.05) is 58.0 Å². The third-order valence-corrected chi connectivity index (χ3v) is 3.28. The van der Waals surface area contributed by atoms with Gasteiger partial charge in [-0.2, -0.15) is 0 Å². The summed E-state index contributed by atoms with van der Waals surface area (Å²) in [5, 5.41) is 2.94. The number of benzene rings is 1. The molecule has 0 fully saturated rings. The van der Waals surface area contributed by atoms with Gasteiger partial charge in [-0.25, -0.2) is 0 Å². The zero-order valence-corrected chi connectivity index (χ0v) is 11.7. The molecule has 3 nitrogen and oxygen atoms in total. The molecular weight excluding hydrogens is 224 g/mol. The Hall–Kier alpha value is -1.35. The summed E-state index contributed by atoms with van der Waals surface area (Å²) in [6.45, 7) is 8.72. The van der Waals surface area contributed by atoms with Gasteiger partial charge in [-0.3, -0.25) is 4.79 Å². The second-order valence-electron chi connectivity index (χ2n) is 5.74. The Morgan fingerprint density at radius 3 is 2.33 bits per heavy atom. The van der Waals surface area contributed by atoms with Crippen LogP contribution in [0.1, 0.15) is 33.3 Å². The minimum absolute atomic E-state index is 0.0750. The van der Waals surface area contributed by atoms with Crippen molar-refractivity contribution in [3.8, 4) is 0 Å². The molecule has 0 heterocycles. The van der Waals surface area contributed by atoms with Crippen LogP contribution in [0.4, 0.5) is 0 Å². The van der Waals surface area contributed by atoms with Crippen LogP contribution >= 0.6 is 0 Å². The van der Waals surface area contributed by atoms with Gasteiger partial charge in [0.2, 0.25) is 5.91 Å². The van der Waals surface area contributed by atoms with Crippen molar-refractivity contribution in [1.82, 2.24) is 5.32 Å². The van der Waals surface area contributed by atoms with Crippen molar-refractivity contribution in [2.75, 3.05) is 6.54 Å². The third-order valence-electron chi connectivity index (χ3n) is 3.28. The van der Waals surface area contributed by atoms with Crippen molar-refractivity contribution in [3.63, 3.8) is 0 Å². The highest BCUT2D eigenvalue weighted by atomic mass is 16.2. The highest BCUT2D eigenvalue weighted by Crippen LogP contribution is 2.21. The number of carbonyl (C=O) groups excluding carboxylic acids is 1. The number of amides is 1. The summed E-state index contributed by atoms with van der Waals surface area (Å²) >= 11 is 0. The number of hydrogen-bond acceptors (Lipinski definition) is 2. The molecule has 1 aromatic rings. The standard InChI is InChI=1S/C15H24N2O/c1-11(2)13(16)14(18)17-10-15(3,4)12-8-6-5-7-9-12/h5-9,11,13H,10,16H2,1-4H3,(H,17,18)/t13-/m1/s1. The lowest BCUT2D eigenvalue weighted by Gasteiger charge is -2.27. The second kappa shape index (κ2) is 6.01. The number of nitrogens with two attached hydrogens (primary N) is 1. The maximum absolute atomic E-state index is 11.8. The summed E-state index contributed by atoms with van der Waals surface area (Å²) in [5.41, 5.74) is 6.94. The average molecular weight is 248 g/mol. The smallest absolute Gasteiger partial charge is 0.237 e. The predicted octanol–water partition coefficient (Wildman–Crippen LogP) is 2.06. The first-order valence-corrected chi connectivity index (χ1v) is 6.43. The summed E-state index contributed by atoms with van der Waals surface area (Å²) in [5.74, 6) is 0.0823. The van der Waals surface area contributed by atoms with Crippen LogP contribution in [0.25, 0.3) is 0 Å². The molecule has 0 bridgehead atoms. The van der Waals surface area contributed by atoms with Crippen LogP contribution in [0.2, 0.25) is 0 Å². The van der Waals surface area contributed by atoms with E-state index in [4.69, 9.17) is 5.73 Å². The largest absolute Gasteiger partial charge is 0.354 e. The Morgan fingerprint density at radius 2 is 1.83 bits per heavy atom. The van der Waals surface area contributed by atoms with Crippen molar-refractivity contribution in [2.24, 2.45) is 11.7 Å². The van der Waals surface area contributed by atoms with E-state index in [2.05, 4.69) is 31.3 Å².